The predicted octanol–water partition coefficient (Wildman–Crippen LogP) is 1.97. The van der Waals surface area contributed by atoms with Gasteiger partial charge in [-0.05, 0) is 24.5 Å². The Morgan fingerprint density at radius 2 is 2.18 bits per heavy atom. The average molecular weight is 254 g/mol. The van der Waals surface area contributed by atoms with Crippen LogP contribution in [-0.4, -0.2) is 16.2 Å². The summed E-state index contributed by atoms with van der Waals surface area (Å²) in [4.78, 5) is 21.0. The fraction of sp³-hybridized carbons (Fsp3) is 0.273. The van der Waals surface area contributed by atoms with Crippen molar-refractivity contribution >= 4 is 27.6 Å². The van der Waals surface area contributed by atoms with Crippen molar-refractivity contribution in [3.05, 3.63) is 27.4 Å². The van der Waals surface area contributed by atoms with Gasteiger partial charge in [0.15, 0.2) is 0 Å². The predicted molar refractivity (Wildman–Crippen MR) is 62.6 cm³/mol. The van der Waals surface area contributed by atoms with Gasteiger partial charge in [-0.15, -0.1) is 0 Å². The van der Waals surface area contributed by atoms with Crippen molar-refractivity contribution in [3.63, 3.8) is 0 Å². The molecule has 0 spiro atoms. The SMILES string of the molecule is O=C(O)CCCc1cc2oc(=O)sc2cc1O. The standard InChI is InChI=1S/C11H10O5S/c12-7-5-9-8(16-11(15)17-9)4-6(7)2-1-3-10(13)14/h4-5,12H,1-3H2,(H,13,14). The maximum absolute atomic E-state index is 11.0. The van der Waals surface area contributed by atoms with E-state index in [4.69, 9.17) is 9.52 Å². The second kappa shape index (κ2) is 4.58. The van der Waals surface area contributed by atoms with Crippen LogP contribution in [0.25, 0.3) is 10.3 Å². The van der Waals surface area contributed by atoms with E-state index in [0.29, 0.717) is 28.7 Å². The van der Waals surface area contributed by atoms with Crippen molar-refractivity contribution in [2.24, 2.45) is 0 Å². The van der Waals surface area contributed by atoms with Crippen LogP contribution >= 0.6 is 11.3 Å². The lowest BCUT2D eigenvalue weighted by Crippen LogP contribution is -1.96. The zero-order chi connectivity index (χ0) is 12.4. The molecule has 0 saturated carbocycles. The summed E-state index contributed by atoms with van der Waals surface area (Å²) in [5.74, 6) is -0.799. The number of hydrogen-bond donors (Lipinski definition) is 2. The van der Waals surface area contributed by atoms with Gasteiger partial charge in [-0.3, -0.25) is 4.79 Å². The number of aromatic hydroxyl groups is 1. The molecule has 0 atom stereocenters. The number of phenols is 1. The van der Waals surface area contributed by atoms with Gasteiger partial charge in [0.25, 0.3) is 0 Å². The van der Waals surface area contributed by atoms with Crippen molar-refractivity contribution in [1.29, 1.82) is 0 Å². The third kappa shape index (κ3) is 2.65. The molecule has 2 aromatic rings. The van der Waals surface area contributed by atoms with Gasteiger partial charge in [-0.1, -0.05) is 11.3 Å². The van der Waals surface area contributed by atoms with Gasteiger partial charge in [0, 0.05) is 12.5 Å². The number of carbonyl (C=O) groups is 1. The summed E-state index contributed by atoms with van der Waals surface area (Å²) in [5, 5.41) is 18.2. The van der Waals surface area contributed by atoms with Crippen molar-refractivity contribution < 1.29 is 19.4 Å². The minimum absolute atomic E-state index is 0.0467. The minimum atomic E-state index is -0.868. The van der Waals surface area contributed by atoms with Crippen LogP contribution in [0.5, 0.6) is 5.75 Å². The zero-order valence-corrected chi connectivity index (χ0v) is 9.62. The number of aliphatic carboxylic acids is 1. The number of hydrogen-bond acceptors (Lipinski definition) is 5. The van der Waals surface area contributed by atoms with Gasteiger partial charge < -0.3 is 14.6 Å². The molecule has 2 rings (SSSR count). The summed E-state index contributed by atoms with van der Waals surface area (Å²) in [6, 6.07) is 3.06. The van der Waals surface area contributed by atoms with Gasteiger partial charge in [0.2, 0.25) is 0 Å². The van der Waals surface area contributed by atoms with E-state index in [0.717, 1.165) is 11.3 Å². The molecule has 17 heavy (non-hydrogen) atoms. The van der Waals surface area contributed by atoms with Gasteiger partial charge >= 0.3 is 10.9 Å². The molecule has 0 fully saturated rings. The molecule has 0 bridgehead atoms. The van der Waals surface area contributed by atoms with Gasteiger partial charge in [-0.2, -0.15) is 0 Å². The van der Waals surface area contributed by atoms with Crippen LogP contribution in [-0.2, 0) is 11.2 Å². The van der Waals surface area contributed by atoms with Crippen LogP contribution in [0.15, 0.2) is 21.3 Å². The Labute approximate surface area is 99.9 Å². The number of carboxylic acids is 1. The number of rotatable bonds is 4. The first-order valence-corrected chi connectivity index (χ1v) is 5.85. The molecular formula is C11H10O5S. The summed E-state index contributed by atoms with van der Waals surface area (Å²) in [5.41, 5.74) is 1.03. The Bertz CT molecular complexity index is 610. The summed E-state index contributed by atoms with van der Waals surface area (Å²) in [6.45, 7) is 0. The molecule has 90 valence electrons. The molecule has 1 heterocycles. The van der Waals surface area contributed by atoms with Crippen LogP contribution in [0.1, 0.15) is 18.4 Å². The molecule has 0 aliphatic rings. The number of fused-ring (bicyclic) bond motifs is 1. The third-order valence-corrected chi connectivity index (χ3v) is 3.16. The first-order valence-electron chi connectivity index (χ1n) is 5.03. The normalized spacial score (nSPS) is 10.8. The highest BCUT2D eigenvalue weighted by Gasteiger charge is 2.09. The number of benzene rings is 1. The molecule has 2 N–H and O–H groups in total. The average Bonchev–Trinajstić information content (AvgIpc) is 2.57. The number of aryl methyl sites for hydroxylation is 1. The fourth-order valence-electron chi connectivity index (χ4n) is 1.58. The summed E-state index contributed by atoms with van der Waals surface area (Å²) in [7, 11) is 0. The Balaban J connectivity index is 2.24. The van der Waals surface area contributed by atoms with Crippen LogP contribution in [0.2, 0.25) is 0 Å². The van der Waals surface area contributed by atoms with Crippen LogP contribution in [0.3, 0.4) is 0 Å². The molecule has 0 amide bonds. The molecule has 0 radical (unpaired) electrons. The van der Waals surface area contributed by atoms with E-state index in [9.17, 15) is 14.7 Å². The third-order valence-electron chi connectivity index (χ3n) is 2.37. The highest BCUT2D eigenvalue weighted by Crippen LogP contribution is 2.27. The molecular weight excluding hydrogens is 244 g/mol. The number of phenolic OH excluding ortho intramolecular Hbond substituents is 1. The van der Waals surface area contributed by atoms with Gasteiger partial charge in [-0.25, -0.2) is 4.79 Å². The topological polar surface area (TPSA) is 87.7 Å². The summed E-state index contributed by atoms with van der Waals surface area (Å²) < 4.78 is 5.52. The van der Waals surface area contributed by atoms with Crippen molar-refractivity contribution in [1.82, 2.24) is 0 Å². The van der Waals surface area contributed by atoms with Crippen molar-refractivity contribution in [2.45, 2.75) is 19.3 Å². The maximum atomic E-state index is 11.0. The largest absolute Gasteiger partial charge is 0.508 e. The van der Waals surface area contributed by atoms with Crippen molar-refractivity contribution in [2.75, 3.05) is 0 Å². The maximum Gasteiger partial charge on any atom is 0.396 e. The Morgan fingerprint density at radius 1 is 1.41 bits per heavy atom. The highest BCUT2D eigenvalue weighted by atomic mass is 32.1. The second-order valence-corrected chi connectivity index (χ2v) is 4.61. The lowest BCUT2D eigenvalue weighted by Gasteiger charge is -2.02. The minimum Gasteiger partial charge on any atom is -0.508 e. The second-order valence-electron chi connectivity index (χ2n) is 3.63. The lowest BCUT2D eigenvalue weighted by atomic mass is 10.1. The number of carboxylic acid groups (broad SMARTS) is 1. The highest BCUT2D eigenvalue weighted by molar-refractivity contribution is 7.16. The van der Waals surface area contributed by atoms with E-state index in [1.165, 1.54) is 6.07 Å². The van der Waals surface area contributed by atoms with E-state index in [1.807, 2.05) is 0 Å². The van der Waals surface area contributed by atoms with Crippen molar-refractivity contribution in [3.8, 4) is 5.75 Å². The molecule has 5 nitrogen and oxygen atoms in total. The summed E-state index contributed by atoms with van der Waals surface area (Å²) >= 11 is 0.927. The molecule has 6 heteroatoms. The monoisotopic (exact) mass is 254 g/mol. The molecule has 0 saturated heterocycles. The van der Waals surface area contributed by atoms with E-state index >= 15 is 0 Å². The Morgan fingerprint density at radius 3 is 2.88 bits per heavy atom. The zero-order valence-electron chi connectivity index (χ0n) is 8.80. The smallest absolute Gasteiger partial charge is 0.396 e. The molecule has 0 aliphatic heterocycles. The quantitative estimate of drug-likeness (QED) is 0.870. The first kappa shape index (κ1) is 11.7. The van der Waals surface area contributed by atoms with Crippen LogP contribution < -0.4 is 4.94 Å². The van der Waals surface area contributed by atoms with E-state index in [1.54, 1.807) is 6.07 Å². The van der Waals surface area contributed by atoms with E-state index < -0.39 is 10.9 Å². The van der Waals surface area contributed by atoms with Crippen LogP contribution in [0.4, 0.5) is 0 Å². The fourth-order valence-corrected chi connectivity index (χ4v) is 2.26. The summed E-state index contributed by atoms with van der Waals surface area (Å²) in [6.07, 6.45) is 0.918. The van der Waals surface area contributed by atoms with Crippen LogP contribution in [0, 0.1) is 0 Å². The molecule has 0 aliphatic carbocycles. The Kier molecular flexibility index (Phi) is 3.14. The molecule has 1 aromatic carbocycles. The van der Waals surface area contributed by atoms with Gasteiger partial charge in [0.05, 0.1) is 4.70 Å². The molecule has 1 aromatic heterocycles. The lowest BCUT2D eigenvalue weighted by molar-refractivity contribution is -0.137. The molecule has 0 unspecified atom stereocenters. The Hall–Kier alpha value is -1.82. The van der Waals surface area contributed by atoms with E-state index in [2.05, 4.69) is 0 Å². The first-order chi connectivity index (χ1) is 8.06. The van der Waals surface area contributed by atoms with Gasteiger partial charge in [0.1, 0.15) is 11.3 Å². The van der Waals surface area contributed by atoms with E-state index in [-0.39, 0.29) is 12.2 Å².